The van der Waals surface area contributed by atoms with Gasteiger partial charge in [0.1, 0.15) is 11.6 Å². The van der Waals surface area contributed by atoms with Crippen LogP contribution in [0.2, 0.25) is 0 Å². The van der Waals surface area contributed by atoms with E-state index in [1.807, 2.05) is 31.2 Å². The van der Waals surface area contributed by atoms with E-state index in [9.17, 15) is 14.3 Å². The molecule has 6 nitrogen and oxygen atoms in total. The Bertz CT molecular complexity index is 1250. The first-order valence-corrected chi connectivity index (χ1v) is 9.09. The maximum absolute atomic E-state index is 14.2. The average Bonchev–Trinajstić information content (AvgIpc) is 3.24. The number of rotatable bonds is 4. The van der Waals surface area contributed by atoms with Crippen LogP contribution in [0.1, 0.15) is 15.9 Å². The Morgan fingerprint density at radius 1 is 1.03 bits per heavy atom. The number of phenolic OH excluding ortho intramolecular Hbond substituents is 1. The van der Waals surface area contributed by atoms with Gasteiger partial charge >= 0.3 is 5.97 Å². The van der Waals surface area contributed by atoms with Crippen LogP contribution in [-0.4, -0.2) is 28.3 Å². The summed E-state index contributed by atoms with van der Waals surface area (Å²) in [5.41, 5.74) is 3.34. The van der Waals surface area contributed by atoms with Crippen molar-refractivity contribution in [2.45, 2.75) is 6.92 Å². The Kier molecular flexibility index (Phi) is 5.02. The van der Waals surface area contributed by atoms with Gasteiger partial charge in [0.2, 0.25) is 5.82 Å². The van der Waals surface area contributed by atoms with E-state index >= 15 is 0 Å². The predicted octanol–water partition coefficient (Wildman–Crippen LogP) is 5.01. The van der Waals surface area contributed by atoms with Crippen LogP contribution in [0.3, 0.4) is 0 Å². The first kappa shape index (κ1) is 19.3. The fourth-order valence-corrected chi connectivity index (χ4v) is 3.16. The van der Waals surface area contributed by atoms with Gasteiger partial charge in [-0.3, -0.25) is 0 Å². The number of methoxy groups -OCH3 is 1. The lowest BCUT2D eigenvalue weighted by molar-refractivity contribution is 0.0595. The molecule has 0 aliphatic carbocycles. The molecule has 0 atom stereocenters. The Morgan fingerprint density at radius 3 is 2.50 bits per heavy atom. The van der Waals surface area contributed by atoms with Gasteiger partial charge in [-0.1, -0.05) is 29.4 Å². The number of esters is 1. The van der Waals surface area contributed by atoms with Gasteiger partial charge in [-0.05, 0) is 54.4 Å². The largest absolute Gasteiger partial charge is 0.507 e. The van der Waals surface area contributed by atoms with Crippen LogP contribution >= 0.6 is 0 Å². The Morgan fingerprint density at radius 2 is 1.80 bits per heavy atom. The number of benzene rings is 3. The summed E-state index contributed by atoms with van der Waals surface area (Å²) >= 11 is 0. The highest BCUT2D eigenvalue weighted by atomic mass is 19.1. The molecule has 4 aromatic rings. The molecule has 0 amide bonds. The minimum absolute atomic E-state index is 0.0787. The minimum atomic E-state index is -0.767. The molecular weight excluding hydrogens is 387 g/mol. The van der Waals surface area contributed by atoms with Crippen molar-refractivity contribution < 1.29 is 23.6 Å². The van der Waals surface area contributed by atoms with E-state index in [0.29, 0.717) is 16.7 Å². The number of aryl methyl sites for hydroxylation is 1. The molecule has 0 aliphatic rings. The molecule has 3 aromatic carbocycles. The lowest BCUT2D eigenvalue weighted by Crippen LogP contribution is -2.04. The van der Waals surface area contributed by atoms with Crippen LogP contribution in [-0.2, 0) is 4.74 Å². The van der Waals surface area contributed by atoms with Crippen LogP contribution in [0.25, 0.3) is 34.0 Å². The van der Waals surface area contributed by atoms with Crippen molar-refractivity contribution in [3.63, 3.8) is 0 Å². The van der Waals surface area contributed by atoms with Gasteiger partial charge in [0.25, 0.3) is 5.89 Å². The molecule has 150 valence electrons. The number of nitrogens with zero attached hydrogens (tertiary/aromatic N) is 2. The molecule has 0 radical (unpaired) electrons. The third-order valence-electron chi connectivity index (χ3n) is 4.74. The molecule has 0 unspecified atom stereocenters. The maximum atomic E-state index is 14.2. The van der Waals surface area contributed by atoms with E-state index < -0.39 is 11.8 Å². The number of hydrogen-bond donors (Lipinski definition) is 1. The van der Waals surface area contributed by atoms with E-state index in [4.69, 9.17) is 4.52 Å². The standard InChI is InChI=1S/C23H17FN2O4/c1-13-5-3-4-6-16(13)17-9-8-15(12-20(17)27)22-25-21(26-30-22)14-7-10-18(19(24)11-14)23(28)29-2/h3-12,27H,1-2H3. The smallest absolute Gasteiger partial charge is 0.340 e. The maximum Gasteiger partial charge on any atom is 0.340 e. The lowest BCUT2D eigenvalue weighted by Gasteiger charge is -2.08. The fourth-order valence-electron chi connectivity index (χ4n) is 3.16. The van der Waals surface area contributed by atoms with Gasteiger partial charge in [-0.15, -0.1) is 0 Å². The summed E-state index contributed by atoms with van der Waals surface area (Å²) in [6, 6.07) is 16.8. The van der Waals surface area contributed by atoms with Crippen molar-refractivity contribution >= 4 is 5.97 Å². The second-order valence-corrected chi connectivity index (χ2v) is 6.66. The molecule has 0 aliphatic heterocycles. The highest BCUT2D eigenvalue weighted by Crippen LogP contribution is 2.35. The van der Waals surface area contributed by atoms with Crippen molar-refractivity contribution in [1.29, 1.82) is 0 Å². The van der Waals surface area contributed by atoms with Crippen LogP contribution in [0, 0.1) is 12.7 Å². The summed E-state index contributed by atoms with van der Waals surface area (Å²) in [5, 5.41) is 14.4. The number of aromatic hydroxyl groups is 1. The first-order valence-electron chi connectivity index (χ1n) is 9.09. The van der Waals surface area contributed by atoms with Gasteiger partial charge in [-0.25, -0.2) is 9.18 Å². The van der Waals surface area contributed by atoms with Crippen molar-refractivity contribution in [3.05, 3.63) is 77.6 Å². The number of hydrogen-bond acceptors (Lipinski definition) is 6. The van der Waals surface area contributed by atoms with Gasteiger partial charge in [-0.2, -0.15) is 4.98 Å². The molecule has 1 heterocycles. The molecule has 4 rings (SSSR count). The van der Waals surface area contributed by atoms with E-state index in [0.717, 1.165) is 17.2 Å². The highest BCUT2D eigenvalue weighted by molar-refractivity contribution is 5.90. The van der Waals surface area contributed by atoms with Gasteiger partial charge < -0.3 is 14.4 Å². The van der Waals surface area contributed by atoms with Crippen LogP contribution in [0.15, 0.2) is 65.2 Å². The number of phenols is 1. The minimum Gasteiger partial charge on any atom is -0.507 e. The monoisotopic (exact) mass is 404 g/mol. The quantitative estimate of drug-likeness (QED) is 0.481. The highest BCUT2D eigenvalue weighted by Gasteiger charge is 2.17. The topological polar surface area (TPSA) is 85.5 Å². The summed E-state index contributed by atoms with van der Waals surface area (Å²) in [7, 11) is 1.18. The fraction of sp³-hybridized carbons (Fsp3) is 0.0870. The summed E-state index contributed by atoms with van der Waals surface area (Å²) in [4.78, 5) is 15.8. The lowest BCUT2D eigenvalue weighted by atomic mass is 9.98. The number of halogens is 1. The molecule has 0 fully saturated rings. The van der Waals surface area contributed by atoms with Crippen molar-refractivity contribution in [1.82, 2.24) is 10.1 Å². The van der Waals surface area contributed by atoms with Gasteiger partial charge in [0.15, 0.2) is 0 Å². The van der Waals surface area contributed by atoms with Crippen LogP contribution in [0.5, 0.6) is 5.75 Å². The second kappa shape index (κ2) is 7.79. The molecule has 0 spiro atoms. The zero-order chi connectivity index (χ0) is 21.3. The molecule has 1 N–H and O–H groups in total. The van der Waals surface area contributed by atoms with Crippen molar-refractivity contribution in [3.8, 4) is 39.7 Å². The third-order valence-corrected chi connectivity index (χ3v) is 4.74. The average molecular weight is 404 g/mol. The molecule has 0 saturated carbocycles. The van der Waals surface area contributed by atoms with E-state index in [1.165, 1.54) is 19.2 Å². The third kappa shape index (κ3) is 3.53. The van der Waals surface area contributed by atoms with Crippen LogP contribution in [0.4, 0.5) is 4.39 Å². The van der Waals surface area contributed by atoms with E-state index in [2.05, 4.69) is 14.9 Å². The molecule has 0 bridgehead atoms. The predicted molar refractivity (Wildman–Crippen MR) is 108 cm³/mol. The summed E-state index contributed by atoms with van der Waals surface area (Å²) in [6.45, 7) is 1.97. The van der Waals surface area contributed by atoms with Crippen molar-refractivity contribution in [2.75, 3.05) is 7.11 Å². The summed E-state index contributed by atoms with van der Waals surface area (Å²) < 4.78 is 24.0. The van der Waals surface area contributed by atoms with E-state index in [1.54, 1.807) is 18.2 Å². The number of carbonyl (C=O) groups excluding carboxylic acids is 1. The summed E-state index contributed by atoms with van der Waals surface area (Å²) in [6.07, 6.45) is 0. The first-order chi connectivity index (χ1) is 14.5. The second-order valence-electron chi connectivity index (χ2n) is 6.66. The molecule has 1 aromatic heterocycles. The number of carbonyl (C=O) groups is 1. The number of ether oxygens (including phenoxy) is 1. The molecule has 30 heavy (non-hydrogen) atoms. The zero-order valence-electron chi connectivity index (χ0n) is 16.2. The molecule has 7 heteroatoms. The van der Waals surface area contributed by atoms with Gasteiger partial charge in [0.05, 0.1) is 12.7 Å². The number of aromatic nitrogens is 2. The Labute approximate surface area is 171 Å². The van der Waals surface area contributed by atoms with Gasteiger partial charge in [0, 0.05) is 16.7 Å². The van der Waals surface area contributed by atoms with E-state index in [-0.39, 0.29) is 23.0 Å². The Hall–Kier alpha value is -4.00. The summed E-state index contributed by atoms with van der Waals surface area (Å²) in [5.74, 6) is -1.10. The Balaban J connectivity index is 1.65. The van der Waals surface area contributed by atoms with Crippen molar-refractivity contribution in [2.24, 2.45) is 0 Å². The molecular formula is C23H17FN2O4. The molecule has 0 saturated heterocycles. The van der Waals surface area contributed by atoms with Crippen LogP contribution < -0.4 is 0 Å². The normalized spacial score (nSPS) is 10.8. The zero-order valence-corrected chi connectivity index (χ0v) is 16.2. The SMILES string of the molecule is COC(=O)c1ccc(-c2noc(-c3ccc(-c4ccccc4C)c(O)c3)n2)cc1F.